The van der Waals surface area contributed by atoms with Crippen LogP contribution in [0.5, 0.6) is 0 Å². The summed E-state index contributed by atoms with van der Waals surface area (Å²) in [6.07, 6.45) is 0. The maximum atomic E-state index is 12.8. The molecule has 1 rings (SSSR count). The van der Waals surface area contributed by atoms with E-state index in [1.54, 1.807) is 0 Å². The quantitative estimate of drug-likeness (QED) is 0.861. The van der Waals surface area contributed by atoms with Crippen molar-refractivity contribution in [3.8, 4) is 0 Å². The first-order valence-electron chi connectivity index (χ1n) is 3.57. The number of hydrogen-bond donors (Lipinski definition) is 1. The molecule has 0 bridgehead atoms. The summed E-state index contributed by atoms with van der Waals surface area (Å²) in [6.45, 7) is 0. The topological polar surface area (TPSA) is 46.2 Å². The smallest absolute Gasteiger partial charge is 0.242 e. The molecule has 0 saturated heterocycles. The molecule has 1 aromatic rings. The molecule has 8 heteroatoms. The van der Waals surface area contributed by atoms with E-state index >= 15 is 0 Å². The van der Waals surface area contributed by atoms with Crippen LogP contribution in [0.2, 0.25) is 10.0 Å². The van der Waals surface area contributed by atoms with Crippen LogP contribution in [-0.2, 0) is 10.0 Å². The van der Waals surface area contributed by atoms with Crippen molar-refractivity contribution >= 4 is 54.8 Å². The molecule has 0 aliphatic heterocycles. The zero-order valence-electron chi connectivity index (χ0n) is 7.10. The maximum absolute atomic E-state index is 12.8. The highest BCUT2D eigenvalue weighted by Crippen LogP contribution is 2.32. The molecule has 0 saturated carbocycles. The van der Waals surface area contributed by atoms with Gasteiger partial charge in [0.15, 0.2) is 0 Å². The lowest BCUT2D eigenvalue weighted by atomic mass is 10.3. The Morgan fingerprint density at radius 3 is 2.20 bits per heavy atom. The summed E-state index contributed by atoms with van der Waals surface area (Å²) in [5.74, 6) is -0.633. The number of halogens is 4. The lowest BCUT2D eigenvalue weighted by Crippen LogP contribution is -2.13. The summed E-state index contributed by atoms with van der Waals surface area (Å²) in [5, 5.41) is -0.186. The molecule has 0 fully saturated rings. The molecule has 84 valence electrons. The minimum Gasteiger partial charge on any atom is -0.280 e. The Morgan fingerprint density at radius 2 is 1.80 bits per heavy atom. The molecule has 1 aromatic carbocycles. The second-order valence-electron chi connectivity index (χ2n) is 2.57. The Balaban J connectivity index is 3.17. The third kappa shape index (κ3) is 3.48. The van der Waals surface area contributed by atoms with Gasteiger partial charge >= 0.3 is 0 Å². The fraction of sp³-hybridized carbons (Fsp3) is 0.143. The van der Waals surface area contributed by atoms with Gasteiger partial charge in [0.05, 0.1) is 15.7 Å². The zero-order valence-corrected chi connectivity index (χ0v) is 11.0. The number of benzene rings is 1. The van der Waals surface area contributed by atoms with Gasteiger partial charge in [-0.15, -0.1) is 0 Å². The molecule has 0 aliphatic carbocycles. The average molecular weight is 337 g/mol. The summed E-state index contributed by atoms with van der Waals surface area (Å²) in [5.41, 5.74) is -0.0285. The molecule has 0 amide bonds. The van der Waals surface area contributed by atoms with Crippen molar-refractivity contribution in [1.82, 2.24) is 0 Å². The van der Waals surface area contributed by atoms with Crippen molar-refractivity contribution in [2.24, 2.45) is 0 Å². The van der Waals surface area contributed by atoms with E-state index in [1.807, 2.05) is 0 Å². The molecular formula is C7H5BrCl2FNO2S. The highest BCUT2D eigenvalue weighted by Gasteiger charge is 2.14. The van der Waals surface area contributed by atoms with E-state index in [4.69, 9.17) is 23.2 Å². The second-order valence-corrected chi connectivity index (χ2v) is 6.41. The number of sulfonamides is 1. The average Bonchev–Trinajstić information content (AvgIpc) is 2.11. The van der Waals surface area contributed by atoms with Crippen molar-refractivity contribution in [3.63, 3.8) is 0 Å². The molecule has 0 unspecified atom stereocenters. The van der Waals surface area contributed by atoms with E-state index in [1.165, 1.54) is 0 Å². The Hall–Kier alpha value is -0.0400. The van der Waals surface area contributed by atoms with Gasteiger partial charge in [-0.25, -0.2) is 12.8 Å². The molecule has 15 heavy (non-hydrogen) atoms. The van der Waals surface area contributed by atoms with Crippen LogP contribution in [0.1, 0.15) is 0 Å². The van der Waals surface area contributed by atoms with Crippen molar-refractivity contribution in [3.05, 3.63) is 28.0 Å². The Morgan fingerprint density at radius 1 is 1.33 bits per heavy atom. The van der Waals surface area contributed by atoms with Crippen molar-refractivity contribution < 1.29 is 12.8 Å². The molecule has 0 heterocycles. The van der Waals surface area contributed by atoms with Crippen LogP contribution in [-0.4, -0.2) is 13.1 Å². The summed E-state index contributed by atoms with van der Waals surface area (Å²) in [7, 11) is -3.56. The lowest BCUT2D eigenvalue weighted by molar-refractivity contribution is 0.605. The highest BCUT2D eigenvalue weighted by atomic mass is 79.9. The van der Waals surface area contributed by atoms with Crippen molar-refractivity contribution in [1.29, 1.82) is 0 Å². The van der Waals surface area contributed by atoms with E-state index in [9.17, 15) is 12.8 Å². The minimum absolute atomic E-state index is 0.0285. The minimum atomic E-state index is -3.56. The largest absolute Gasteiger partial charge is 0.280 e. The highest BCUT2D eigenvalue weighted by molar-refractivity contribution is 9.10. The number of rotatable bonds is 3. The molecule has 0 aliphatic rings. The number of anilines is 1. The number of hydrogen-bond acceptors (Lipinski definition) is 2. The van der Waals surface area contributed by atoms with Gasteiger partial charge in [-0.3, -0.25) is 4.72 Å². The van der Waals surface area contributed by atoms with Gasteiger partial charge in [-0.1, -0.05) is 39.1 Å². The van der Waals surface area contributed by atoms with Gasteiger partial charge < -0.3 is 0 Å². The number of nitrogens with one attached hydrogen (secondary N) is 1. The van der Waals surface area contributed by atoms with E-state index < -0.39 is 15.8 Å². The van der Waals surface area contributed by atoms with Crippen LogP contribution < -0.4 is 4.72 Å². The fourth-order valence-electron chi connectivity index (χ4n) is 0.822. The zero-order chi connectivity index (χ0) is 11.6. The summed E-state index contributed by atoms with van der Waals surface area (Å²) in [6, 6.07) is 1.94. The van der Waals surface area contributed by atoms with Gasteiger partial charge in [-0.05, 0) is 12.1 Å². The normalized spacial score (nSPS) is 11.5. The molecule has 3 nitrogen and oxygen atoms in total. The van der Waals surface area contributed by atoms with Crippen LogP contribution in [0.15, 0.2) is 12.1 Å². The third-order valence-electron chi connectivity index (χ3n) is 1.41. The van der Waals surface area contributed by atoms with Crippen LogP contribution in [0.25, 0.3) is 0 Å². The SMILES string of the molecule is O=S(=O)(CBr)Nc1c(Cl)cc(F)cc1Cl. The van der Waals surface area contributed by atoms with E-state index in [0.29, 0.717) is 0 Å². The fourth-order valence-corrected chi connectivity index (χ4v) is 2.42. The summed E-state index contributed by atoms with van der Waals surface area (Å²) >= 11 is 14.0. The first kappa shape index (κ1) is 13.0. The van der Waals surface area contributed by atoms with Crippen LogP contribution in [0.3, 0.4) is 0 Å². The van der Waals surface area contributed by atoms with Gasteiger partial charge in [0, 0.05) is 0 Å². The van der Waals surface area contributed by atoms with Gasteiger partial charge in [0.25, 0.3) is 0 Å². The third-order valence-corrected chi connectivity index (χ3v) is 4.61. The van der Waals surface area contributed by atoms with Crippen molar-refractivity contribution in [2.45, 2.75) is 0 Å². The van der Waals surface area contributed by atoms with Gasteiger partial charge in [0.1, 0.15) is 10.5 Å². The lowest BCUT2D eigenvalue weighted by Gasteiger charge is -2.09. The van der Waals surface area contributed by atoms with Crippen LogP contribution >= 0.6 is 39.1 Å². The van der Waals surface area contributed by atoms with E-state index in [-0.39, 0.29) is 20.4 Å². The van der Waals surface area contributed by atoms with Gasteiger partial charge in [0.2, 0.25) is 10.0 Å². The molecular weight excluding hydrogens is 332 g/mol. The van der Waals surface area contributed by atoms with Crippen LogP contribution in [0.4, 0.5) is 10.1 Å². The monoisotopic (exact) mass is 335 g/mol. The predicted octanol–water partition coefficient (Wildman–Crippen LogP) is 3.23. The van der Waals surface area contributed by atoms with E-state index in [0.717, 1.165) is 12.1 Å². The summed E-state index contributed by atoms with van der Waals surface area (Å²) < 4.78 is 37.0. The Bertz CT molecular complexity index is 457. The first-order chi connectivity index (χ1) is 6.85. The van der Waals surface area contributed by atoms with Gasteiger partial charge in [-0.2, -0.15) is 0 Å². The standard InChI is InChI=1S/C7H5BrCl2FNO2S/c8-3-15(13,14)12-7-5(9)1-4(11)2-6(7)10/h1-2,12H,3H2. The first-order valence-corrected chi connectivity index (χ1v) is 7.09. The second kappa shape index (κ2) is 4.86. The predicted molar refractivity (Wildman–Crippen MR) is 62.8 cm³/mol. The molecule has 0 radical (unpaired) electrons. The maximum Gasteiger partial charge on any atom is 0.242 e. The van der Waals surface area contributed by atoms with Crippen LogP contribution in [0, 0.1) is 5.82 Å². The number of alkyl halides is 1. The molecule has 0 atom stereocenters. The Kier molecular flexibility index (Phi) is 4.22. The van der Waals surface area contributed by atoms with E-state index in [2.05, 4.69) is 20.7 Å². The van der Waals surface area contributed by atoms with Crippen molar-refractivity contribution in [2.75, 3.05) is 9.38 Å². The summed E-state index contributed by atoms with van der Waals surface area (Å²) in [4.78, 5) is 0. The molecule has 1 N–H and O–H groups in total. The molecule has 0 spiro atoms. The Labute approximate surface area is 105 Å². The molecule has 0 aromatic heterocycles.